The summed E-state index contributed by atoms with van der Waals surface area (Å²) in [5.41, 5.74) is 1.03. The van der Waals surface area contributed by atoms with Crippen LogP contribution in [0.15, 0.2) is 23.7 Å². The minimum absolute atomic E-state index is 0.600. The van der Waals surface area contributed by atoms with E-state index in [2.05, 4.69) is 10.3 Å². The molecule has 0 saturated carbocycles. The van der Waals surface area contributed by atoms with E-state index in [0.717, 1.165) is 10.7 Å². The summed E-state index contributed by atoms with van der Waals surface area (Å²) in [4.78, 5) is 4.17. The minimum atomic E-state index is 0.600. The van der Waals surface area contributed by atoms with E-state index in [1.165, 1.54) is 0 Å². The zero-order valence-electron chi connectivity index (χ0n) is 11.1. The number of rotatable bonds is 6. The molecule has 0 spiro atoms. The molecule has 19 heavy (non-hydrogen) atoms. The number of hydrogen-bond donors (Lipinski definition) is 1. The Morgan fingerprint density at radius 3 is 2.26 bits per heavy atom. The molecule has 1 aromatic heterocycles. The van der Waals surface area contributed by atoms with Gasteiger partial charge in [0.2, 0.25) is 5.75 Å². The van der Waals surface area contributed by atoms with Crippen LogP contribution in [0.25, 0.3) is 0 Å². The molecule has 0 aliphatic carbocycles. The van der Waals surface area contributed by atoms with Crippen LogP contribution < -0.4 is 19.5 Å². The first kappa shape index (κ1) is 13.5. The van der Waals surface area contributed by atoms with Gasteiger partial charge in [-0.15, -0.1) is 11.3 Å². The van der Waals surface area contributed by atoms with Crippen molar-refractivity contribution in [1.82, 2.24) is 4.98 Å². The smallest absolute Gasteiger partial charge is 0.203 e. The van der Waals surface area contributed by atoms with Gasteiger partial charge in [0.25, 0.3) is 0 Å². The molecule has 0 radical (unpaired) electrons. The first-order chi connectivity index (χ1) is 9.28. The molecule has 0 amide bonds. The topological polar surface area (TPSA) is 52.6 Å². The average molecular weight is 280 g/mol. The molecular weight excluding hydrogens is 264 g/mol. The quantitative estimate of drug-likeness (QED) is 0.881. The lowest BCUT2D eigenvalue weighted by atomic mass is 10.2. The third-order valence-electron chi connectivity index (χ3n) is 2.60. The van der Waals surface area contributed by atoms with Gasteiger partial charge in [0.05, 0.1) is 21.3 Å². The van der Waals surface area contributed by atoms with Crippen LogP contribution in [-0.2, 0) is 6.54 Å². The van der Waals surface area contributed by atoms with Crippen molar-refractivity contribution < 1.29 is 14.2 Å². The molecule has 0 fully saturated rings. The van der Waals surface area contributed by atoms with Crippen molar-refractivity contribution in [1.29, 1.82) is 0 Å². The van der Waals surface area contributed by atoms with Crippen LogP contribution in [0.4, 0.5) is 5.13 Å². The van der Waals surface area contributed by atoms with Gasteiger partial charge in [0, 0.05) is 18.1 Å². The number of thiazole rings is 1. The molecule has 6 heteroatoms. The van der Waals surface area contributed by atoms with Crippen LogP contribution in [0.1, 0.15) is 5.56 Å². The van der Waals surface area contributed by atoms with E-state index in [4.69, 9.17) is 14.2 Å². The summed E-state index contributed by atoms with van der Waals surface area (Å²) in [6.07, 6.45) is 1.77. The molecule has 1 aromatic carbocycles. The highest BCUT2D eigenvalue weighted by Crippen LogP contribution is 2.38. The Morgan fingerprint density at radius 1 is 1.11 bits per heavy atom. The van der Waals surface area contributed by atoms with Crippen LogP contribution in [0.3, 0.4) is 0 Å². The molecule has 0 saturated heterocycles. The van der Waals surface area contributed by atoms with Crippen LogP contribution in [0.2, 0.25) is 0 Å². The third-order valence-corrected chi connectivity index (χ3v) is 3.33. The first-order valence-corrected chi connectivity index (χ1v) is 6.58. The first-order valence-electron chi connectivity index (χ1n) is 5.70. The van der Waals surface area contributed by atoms with Crippen LogP contribution in [0.5, 0.6) is 17.2 Å². The summed E-state index contributed by atoms with van der Waals surface area (Å²) in [6, 6.07) is 3.84. The molecule has 1 heterocycles. The molecule has 102 valence electrons. The Bertz CT molecular complexity index is 504. The lowest BCUT2D eigenvalue weighted by molar-refractivity contribution is 0.324. The highest BCUT2D eigenvalue weighted by molar-refractivity contribution is 7.13. The van der Waals surface area contributed by atoms with Crippen LogP contribution >= 0.6 is 11.3 Å². The van der Waals surface area contributed by atoms with E-state index in [-0.39, 0.29) is 0 Å². The zero-order valence-corrected chi connectivity index (χ0v) is 11.9. The second-order valence-electron chi connectivity index (χ2n) is 3.72. The fraction of sp³-hybridized carbons (Fsp3) is 0.308. The number of ether oxygens (including phenoxy) is 3. The summed E-state index contributed by atoms with van der Waals surface area (Å²) < 4.78 is 15.9. The Balaban J connectivity index is 2.20. The lowest BCUT2D eigenvalue weighted by Crippen LogP contribution is -2.02. The molecule has 2 rings (SSSR count). The summed E-state index contributed by atoms with van der Waals surface area (Å²) in [5, 5.41) is 6.05. The number of aromatic nitrogens is 1. The normalized spacial score (nSPS) is 10.1. The third kappa shape index (κ3) is 3.08. The van der Waals surface area contributed by atoms with Gasteiger partial charge in [0.15, 0.2) is 16.6 Å². The van der Waals surface area contributed by atoms with Crippen LogP contribution in [0, 0.1) is 0 Å². The molecule has 0 atom stereocenters. The molecule has 0 aliphatic heterocycles. The van der Waals surface area contributed by atoms with Crippen molar-refractivity contribution in [3.63, 3.8) is 0 Å². The summed E-state index contributed by atoms with van der Waals surface area (Å²) in [5.74, 6) is 1.90. The Labute approximate surface area is 116 Å². The highest BCUT2D eigenvalue weighted by Gasteiger charge is 2.13. The van der Waals surface area contributed by atoms with Gasteiger partial charge in [0.1, 0.15) is 0 Å². The van der Waals surface area contributed by atoms with Gasteiger partial charge in [-0.3, -0.25) is 0 Å². The predicted molar refractivity (Wildman–Crippen MR) is 75.5 cm³/mol. The molecule has 0 bridgehead atoms. The molecule has 2 aromatic rings. The number of methoxy groups -OCH3 is 3. The van der Waals surface area contributed by atoms with Gasteiger partial charge in [-0.2, -0.15) is 0 Å². The van der Waals surface area contributed by atoms with Gasteiger partial charge in [-0.1, -0.05) is 0 Å². The van der Waals surface area contributed by atoms with Gasteiger partial charge in [-0.05, 0) is 17.7 Å². The number of benzene rings is 1. The second-order valence-corrected chi connectivity index (χ2v) is 4.62. The van der Waals surface area contributed by atoms with Crippen molar-refractivity contribution in [2.45, 2.75) is 6.54 Å². The SMILES string of the molecule is COc1cc(CNc2nccs2)cc(OC)c1OC. The van der Waals surface area contributed by atoms with E-state index in [1.807, 2.05) is 17.5 Å². The van der Waals surface area contributed by atoms with E-state index in [1.54, 1.807) is 38.9 Å². The van der Waals surface area contributed by atoms with Crippen LogP contribution in [-0.4, -0.2) is 26.3 Å². The van der Waals surface area contributed by atoms with Gasteiger partial charge >= 0.3 is 0 Å². The van der Waals surface area contributed by atoms with Gasteiger partial charge < -0.3 is 19.5 Å². The van der Waals surface area contributed by atoms with Gasteiger partial charge in [-0.25, -0.2) is 4.98 Å². The number of hydrogen-bond acceptors (Lipinski definition) is 6. The molecular formula is C13H16N2O3S. The lowest BCUT2D eigenvalue weighted by Gasteiger charge is -2.14. The minimum Gasteiger partial charge on any atom is -0.493 e. The largest absolute Gasteiger partial charge is 0.493 e. The Morgan fingerprint density at radius 2 is 1.79 bits per heavy atom. The summed E-state index contributed by atoms with van der Waals surface area (Å²) >= 11 is 1.56. The van der Waals surface area contributed by atoms with E-state index in [9.17, 15) is 0 Å². The standard InChI is InChI=1S/C13H16N2O3S/c1-16-10-6-9(7-11(17-2)12(10)18-3)8-15-13-14-4-5-19-13/h4-7H,8H2,1-3H3,(H,14,15). The second kappa shape index (κ2) is 6.29. The molecule has 5 nitrogen and oxygen atoms in total. The average Bonchev–Trinajstić information content (AvgIpc) is 2.97. The van der Waals surface area contributed by atoms with Crippen molar-refractivity contribution in [3.8, 4) is 17.2 Å². The highest BCUT2D eigenvalue weighted by atomic mass is 32.1. The maximum absolute atomic E-state index is 5.31. The fourth-order valence-corrected chi connectivity index (χ4v) is 2.25. The van der Waals surface area contributed by atoms with Crippen molar-refractivity contribution >= 4 is 16.5 Å². The van der Waals surface area contributed by atoms with E-state index in [0.29, 0.717) is 23.8 Å². The Hall–Kier alpha value is -1.95. The van der Waals surface area contributed by atoms with E-state index < -0.39 is 0 Å². The van der Waals surface area contributed by atoms with E-state index >= 15 is 0 Å². The monoisotopic (exact) mass is 280 g/mol. The van der Waals surface area contributed by atoms with Crippen molar-refractivity contribution in [2.75, 3.05) is 26.6 Å². The Kier molecular flexibility index (Phi) is 4.46. The van der Waals surface area contributed by atoms with Crippen molar-refractivity contribution in [2.24, 2.45) is 0 Å². The summed E-state index contributed by atoms with van der Waals surface area (Å²) in [7, 11) is 4.80. The molecule has 0 unspecified atom stereocenters. The summed E-state index contributed by atoms with van der Waals surface area (Å²) in [6.45, 7) is 0.643. The number of nitrogens with zero attached hydrogens (tertiary/aromatic N) is 1. The molecule has 0 aliphatic rings. The number of anilines is 1. The molecule has 1 N–H and O–H groups in total. The number of nitrogens with one attached hydrogen (secondary N) is 1. The van der Waals surface area contributed by atoms with Crippen molar-refractivity contribution in [3.05, 3.63) is 29.3 Å². The maximum atomic E-state index is 5.31. The maximum Gasteiger partial charge on any atom is 0.203 e. The zero-order chi connectivity index (χ0) is 13.7. The predicted octanol–water partition coefficient (Wildman–Crippen LogP) is 2.78. The fourth-order valence-electron chi connectivity index (χ4n) is 1.73.